The highest BCUT2D eigenvalue weighted by atomic mass is 16.6. The summed E-state index contributed by atoms with van der Waals surface area (Å²) in [6, 6.07) is 14.2. The van der Waals surface area contributed by atoms with Crippen molar-refractivity contribution < 1.29 is 43.8 Å². The minimum Gasteiger partial charge on any atom is -0.507 e. The molecule has 12 heteroatoms. The van der Waals surface area contributed by atoms with E-state index in [0.717, 1.165) is 23.8 Å². The molecule has 0 bridgehead atoms. The maximum Gasteiger partial charge on any atom is 0.310 e. The van der Waals surface area contributed by atoms with Crippen molar-refractivity contribution in [3.05, 3.63) is 111 Å². The molecule has 0 saturated carbocycles. The van der Waals surface area contributed by atoms with Crippen molar-refractivity contribution in [2.45, 2.75) is 32.8 Å². The van der Waals surface area contributed by atoms with E-state index in [9.17, 15) is 39.5 Å². The fourth-order valence-electron chi connectivity index (χ4n) is 4.50. The van der Waals surface area contributed by atoms with Crippen LogP contribution in [0, 0.1) is 10.1 Å². The lowest BCUT2D eigenvalue weighted by atomic mass is 9.85. The Morgan fingerprint density at radius 3 is 2.41 bits per heavy atom. The summed E-state index contributed by atoms with van der Waals surface area (Å²) in [5.74, 6) is -3.78. The van der Waals surface area contributed by atoms with Gasteiger partial charge >= 0.3 is 11.7 Å². The summed E-state index contributed by atoms with van der Waals surface area (Å²) in [7, 11) is 0. The van der Waals surface area contributed by atoms with Crippen molar-refractivity contribution in [2.24, 2.45) is 0 Å². The van der Waals surface area contributed by atoms with Gasteiger partial charge in [0.05, 0.1) is 22.5 Å². The minimum atomic E-state index is -1.16. The van der Waals surface area contributed by atoms with Gasteiger partial charge in [0, 0.05) is 23.7 Å². The molecule has 0 heterocycles. The number of amides is 1. The van der Waals surface area contributed by atoms with Gasteiger partial charge in [0.2, 0.25) is 0 Å². The largest absolute Gasteiger partial charge is 0.507 e. The number of anilines is 1. The van der Waals surface area contributed by atoms with Crippen molar-refractivity contribution in [1.82, 2.24) is 0 Å². The molecule has 0 unspecified atom stereocenters. The molecule has 0 saturated heterocycles. The highest BCUT2D eigenvalue weighted by Gasteiger charge is 2.35. The second-order valence-corrected chi connectivity index (χ2v) is 10.1. The van der Waals surface area contributed by atoms with E-state index in [2.05, 4.69) is 5.32 Å². The first kappa shape index (κ1) is 31.2. The fraction of sp³-hybridized carbons (Fsp3) is 0.188. The molecule has 3 N–H and O–H groups in total. The van der Waals surface area contributed by atoms with Gasteiger partial charge in [-0.15, -0.1) is 0 Å². The molecule has 44 heavy (non-hydrogen) atoms. The van der Waals surface area contributed by atoms with Crippen LogP contribution in [0.5, 0.6) is 17.2 Å². The number of phenols is 2. The second kappa shape index (κ2) is 13.5. The number of para-hydroxylation sites is 2. The van der Waals surface area contributed by atoms with E-state index in [-0.39, 0.29) is 41.0 Å². The number of benzene rings is 3. The third-order valence-electron chi connectivity index (χ3n) is 6.52. The third-order valence-corrected chi connectivity index (χ3v) is 6.52. The molecule has 3 aromatic carbocycles. The van der Waals surface area contributed by atoms with Gasteiger partial charge in [-0.3, -0.25) is 29.3 Å². The maximum absolute atomic E-state index is 13.3. The Balaban J connectivity index is 1.45. The number of hydrogen-bond acceptors (Lipinski definition) is 10. The van der Waals surface area contributed by atoms with Crippen LogP contribution < -0.4 is 10.1 Å². The lowest BCUT2D eigenvalue weighted by Crippen LogP contribution is -2.29. The standard InChI is InChI=1S/C32H28N2O10/c1-18(2)10-13-26(21-16-25(37)30-23(35)11-12-24(36)31(30)32(21)40)44-29(39)15-19-6-5-7-20(14-19)33-28(38)17-43-27-9-4-3-8-22(27)34(41)42/h3-12,14,16,26,35-36H,13,15,17H2,1-2H3,(H,33,38)/t26-/m1/s1. The molecule has 0 aromatic heterocycles. The lowest BCUT2D eigenvalue weighted by Gasteiger charge is -2.23. The van der Waals surface area contributed by atoms with Crippen LogP contribution in [-0.4, -0.2) is 51.3 Å². The summed E-state index contributed by atoms with van der Waals surface area (Å²) in [4.78, 5) is 62.1. The molecule has 1 atom stereocenters. The van der Waals surface area contributed by atoms with Crippen molar-refractivity contribution >= 4 is 34.8 Å². The van der Waals surface area contributed by atoms with Gasteiger partial charge in [-0.1, -0.05) is 35.9 Å². The van der Waals surface area contributed by atoms with Gasteiger partial charge in [0.15, 0.2) is 23.9 Å². The molecule has 3 aromatic rings. The van der Waals surface area contributed by atoms with Gasteiger partial charge in [-0.25, -0.2) is 0 Å². The van der Waals surface area contributed by atoms with Crippen molar-refractivity contribution in [3.63, 3.8) is 0 Å². The predicted molar refractivity (Wildman–Crippen MR) is 158 cm³/mol. The topological polar surface area (TPSA) is 182 Å². The zero-order valence-corrected chi connectivity index (χ0v) is 23.7. The normalized spacial score (nSPS) is 12.8. The summed E-state index contributed by atoms with van der Waals surface area (Å²) in [6.45, 7) is 3.12. The molecular weight excluding hydrogens is 572 g/mol. The molecule has 0 aliphatic heterocycles. The monoisotopic (exact) mass is 600 g/mol. The average molecular weight is 601 g/mol. The summed E-state index contributed by atoms with van der Waals surface area (Å²) in [6.07, 6.45) is 1.40. The van der Waals surface area contributed by atoms with Crippen LogP contribution in [0.2, 0.25) is 0 Å². The first-order valence-corrected chi connectivity index (χ1v) is 13.4. The molecule has 0 radical (unpaired) electrons. The second-order valence-electron chi connectivity index (χ2n) is 10.1. The SMILES string of the molecule is CC(C)=CC[C@@H](OC(=O)Cc1cccc(NC(=O)COc2ccccc2[N+](=O)[O-])c1)C1=CC(=O)c2c(O)ccc(O)c2C1=O. The smallest absolute Gasteiger partial charge is 0.310 e. The number of aromatic hydroxyl groups is 2. The fourth-order valence-corrected chi connectivity index (χ4v) is 4.50. The Bertz CT molecular complexity index is 1720. The number of hydrogen-bond donors (Lipinski definition) is 3. The minimum absolute atomic E-state index is 0.0597. The van der Waals surface area contributed by atoms with E-state index >= 15 is 0 Å². The number of carbonyl (C=O) groups is 4. The van der Waals surface area contributed by atoms with E-state index in [1.165, 1.54) is 24.3 Å². The number of rotatable bonds is 11. The molecule has 0 fully saturated rings. The van der Waals surface area contributed by atoms with Crippen LogP contribution in [0.3, 0.4) is 0 Å². The molecule has 1 aliphatic carbocycles. The lowest BCUT2D eigenvalue weighted by molar-refractivity contribution is -0.385. The van der Waals surface area contributed by atoms with Gasteiger partial charge in [0.25, 0.3) is 5.91 Å². The number of nitrogens with zero attached hydrogens (tertiary/aromatic N) is 1. The van der Waals surface area contributed by atoms with E-state index in [1.54, 1.807) is 30.3 Å². The molecule has 226 valence electrons. The number of esters is 1. The van der Waals surface area contributed by atoms with Gasteiger partial charge in [-0.05, 0) is 55.8 Å². The number of fused-ring (bicyclic) bond motifs is 1. The van der Waals surface area contributed by atoms with Crippen LogP contribution in [0.1, 0.15) is 46.5 Å². The van der Waals surface area contributed by atoms with Gasteiger partial charge in [-0.2, -0.15) is 0 Å². The number of phenolic OH excluding ortho intramolecular Hbond substituents is 2. The number of nitrogens with one attached hydrogen (secondary N) is 1. The van der Waals surface area contributed by atoms with E-state index < -0.39 is 52.6 Å². The third kappa shape index (κ3) is 7.34. The van der Waals surface area contributed by atoms with Crippen LogP contribution in [0.25, 0.3) is 0 Å². The van der Waals surface area contributed by atoms with Crippen LogP contribution in [-0.2, 0) is 20.7 Å². The molecular formula is C32H28N2O10. The van der Waals surface area contributed by atoms with E-state index in [1.807, 2.05) is 13.8 Å². The number of ketones is 2. The zero-order chi connectivity index (χ0) is 32.0. The van der Waals surface area contributed by atoms with Crippen LogP contribution in [0.4, 0.5) is 11.4 Å². The van der Waals surface area contributed by atoms with Gasteiger partial charge < -0.3 is 25.0 Å². The molecule has 1 amide bonds. The summed E-state index contributed by atoms with van der Waals surface area (Å²) in [5.41, 5.74) is 0.553. The Hall–Kier alpha value is -5.78. The number of Topliss-reactive ketones (excluding diaryl/α,β-unsaturated/α-hetero) is 1. The Labute approximate surface area is 251 Å². The Morgan fingerprint density at radius 1 is 1.00 bits per heavy atom. The van der Waals surface area contributed by atoms with Gasteiger partial charge in [0.1, 0.15) is 17.6 Å². The summed E-state index contributed by atoms with van der Waals surface area (Å²) in [5, 5.41) is 34.1. The van der Waals surface area contributed by atoms with E-state index in [0.29, 0.717) is 11.3 Å². The maximum atomic E-state index is 13.3. The quantitative estimate of drug-likeness (QED) is 0.0905. The van der Waals surface area contributed by atoms with Crippen molar-refractivity contribution in [1.29, 1.82) is 0 Å². The summed E-state index contributed by atoms with van der Waals surface area (Å²) < 4.78 is 11.0. The number of nitro benzene ring substituents is 1. The number of nitro groups is 1. The first-order valence-electron chi connectivity index (χ1n) is 13.4. The zero-order valence-electron chi connectivity index (χ0n) is 23.7. The molecule has 4 rings (SSSR count). The summed E-state index contributed by atoms with van der Waals surface area (Å²) >= 11 is 0. The number of allylic oxidation sites excluding steroid dienone is 2. The average Bonchev–Trinajstić information content (AvgIpc) is 2.97. The first-order chi connectivity index (χ1) is 20.9. The predicted octanol–water partition coefficient (Wildman–Crippen LogP) is 4.84. The number of ether oxygens (including phenoxy) is 2. The molecule has 1 aliphatic rings. The molecule has 0 spiro atoms. The highest BCUT2D eigenvalue weighted by molar-refractivity contribution is 6.27. The Morgan fingerprint density at radius 2 is 1.70 bits per heavy atom. The van der Waals surface area contributed by atoms with Crippen LogP contribution in [0.15, 0.2) is 84.0 Å². The van der Waals surface area contributed by atoms with E-state index in [4.69, 9.17) is 9.47 Å². The van der Waals surface area contributed by atoms with Crippen molar-refractivity contribution in [2.75, 3.05) is 11.9 Å². The van der Waals surface area contributed by atoms with Crippen LogP contribution >= 0.6 is 0 Å². The van der Waals surface area contributed by atoms with Crippen molar-refractivity contribution in [3.8, 4) is 17.2 Å². The highest BCUT2D eigenvalue weighted by Crippen LogP contribution is 2.36. The number of carbonyl (C=O) groups excluding carboxylic acids is 4. The molecule has 12 nitrogen and oxygen atoms in total. The Kier molecular flexibility index (Phi) is 9.54.